The number of aromatic nitrogens is 3. The minimum Gasteiger partial charge on any atom is -0.455 e. The van der Waals surface area contributed by atoms with Crippen LogP contribution in [0.1, 0.15) is 22.3 Å². The Morgan fingerprint density at radius 2 is 0.768 bits per heavy atom. The van der Waals surface area contributed by atoms with Crippen molar-refractivity contribution < 1.29 is 4.42 Å². The summed E-state index contributed by atoms with van der Waals surface area (Å²) in [6.45, 7) is 0. The molecule has 4 heteroatoms. The van der Waals surface area contributed by atoms with Gasteiger partial charge in [-0.1, -0.05) is 176 Å². The highest BCUT2D eigenvalue weighted by molar-refractivity contribution is 6.09. The van der Waals surface area contributed by atoms with E-state index >= 15 is 0 Å². The van der Waals surface area contributed by atoms with Gasteiger partial charge in [-0.25, -0.2) is 15.0 Å². The molecule has 8 aromatic carbocycles. The summed E-state index contributed by atoms with van der Waals surface area (Å²) in [6, 6.07) is 66.7. The fourth-order valence-corrected chi connectivity index (χ4v) is 9.55. The highest BCUT2D eigenvalue weighted by Crippen LogP contribution is 2.64. The van der Waals surface area contributed by atoms with Gasteiger partial charge in [-0.3, -0.25) is 0 Å². The minimum absolute atomic E-state index is 0.501. The van der Waals surface area contributed by atoms with Crippen LogP contribution in [0, 0.1) is 0 Å². The molecule has 0 atom stereocenters. The minimum atomic E-state index is -0.501. The first kappa shape index (κ1) is 31.0. The van der Waals surface area contributed by atoms with E-state index in [1.165, 1.54) is 44.5 Å². The van der Waals surface area contributed by atoms with Crippen molar-refractivity contribution in [2.24, 2.45) is 0 Å². The van der Waals surface area contributed by atoms with Gasteiger partial charge >= 0.3 is 0 Å². The molecule has 0 radical (unpaired) electrons. The van der Waals surface area contributed by atoms with Crippen molar-refractivity contribution in [2.45, 2.75) is 5.41 Å². The summed E-state index contributed by atoms with van der Waals surface area (Å²) in [6.07, 6.45) is 0. The van der Waals surface area contributed by atoms with Crippen LogP contribution in [-0.4, -0.2) is 15.0 Å². The van der Waals surface area contributed by atoms with Gasteiger partial charge in [-0.15, -0.1) is 0 Å². The van der Waals surface area contributed by atoms with E-state index in [1.54, 1.807) is 0 Å². The first-order valence-corrected chi connectivity index (χ1v) is 19.0. The van der Waals surface area contributed by atoms with Gasteiger partial charge in [0.05, 0.1) is 11.0 Å². The molecule has 2 aromatic heterocycles. The average molecular weight is 714 g/mol. The zero-order valence-electron chi connectivity index (χ0n) is 30.1. The highest BCUT2D eigenvalue weighted by atomic mass is 16.3. The van der Waals surface area contributed by atoms with Gasteiger partial charge in [0.1, 0.15) is 11.2 Å². The van der Waals surface area contributed by atoms with E-state index in [0.717, 1.165) is 49.8 Å². The quantitative estimate of drug-likeness (QED) is 0.182. The maximum Gasteiger partial charge on any atom is 0.167 e. The van der Waals surface area contributed by atoms with Crippen LogP contribution < -0.4 is 0 Å². The van der Waals surface area contributed by atoms with E-state index in [4.69, 9.17) is 19.4 Å². The smallest absolute Gasteiger partial charge is 0.167 e. The van der Waals surface area contributed by atoms with Gasteiger partial charge in [-0.2, -0.15) is 0 Å². The molecule has 2 aliphatic carbocycles. The normalized spacial score (nSPS) is 13.1. The predicted octanol–water partition coefficient (Wildman–Crippen LogP) is 12.8. The summed E-state index contributed by atoms with van der Waals surface area (Å²) >= 11 is 0. The van der Waals surface area contributed by atoms with Gasteiger partial charge in [0, 0.05) is 21.9 Å². The lowest BCUT2D eigenvalue weighted by molar-refractivity contribution is 0.669. The molecule has 0 fully saturated rings. The molecular weight excluding hydrogens is 683 g/mol. The summed E-state index contributed by atoms with van der Waals surface area (Å²) in [5.74, 6) is 1.77. The molecule has 12 rings (SSSR count). The second kappa shape index (κ2) is 11.8. The molecule has 1 spiro atoms. The van der Waals surface area contributed by atoms with E-state index in [2.05, 4.69) is 146 Å². The third-order valence-electron chi connectivity index (χ3n) is 11.8. The van der Waals surface area contributed by atoms with Crippen molar-refractivity contribution in [3.63, 3.8) is 0 Å². The summed E-state index contributed by atoms with van der Waals surface area (Å²) in [5.41, 5.74) is 16.3. The van der Waals surface area contributed by atoms with Crippen molar-refractivity contribution in [1.82, 2.24) is 15.0 Å². The number of fused-ring (bicyclic) bond motifs is 13. The fourth-order valence-electron chi connectivity index (χ4n) is 9.55. The number of rotatable bonds is 4. The lowest BCUT2D eigenvalue weighted by atomic mass is 9.68. The molecule has 0 saturated heterocycles. The molecule has 0 aliphatic heterocycles. The first-order valence-electron chi connectivity index (χ1n) is 19.0. The molecule has 0 unspecified atom stereocenters. The molecule has 4 nitrogen and oxygen atoms in total. The van der Waals surface area contributed by atoms with E-state index in [-0.39, 0.29) is 0 Å². The van der Waals surface area contributed by atoms with Gasteiger partial charge < -0.3 is 4.42 Å². The van der Waals surface area contributed by atoms with Crippen LogP contribution >= 0.6 is 0 Å². The Bertz CT molecular complexity index is 3150. The maximum atomic E-state index is 6.51. The molecule has 0 bridgehead atoms. The zero-order chi connectivity index (χ0) is 36.8. The topological polar surface area (TPSA) is 51.8 Å². The molecule has 0 N–H and O–H groups in total. The number of hydrogen-bond acceptors (Lipinski definition) is 4. The summed E-state index contributed by atoms with van der Waals surface area (Å²) in [7, 11) is 0. The van der Waals surface area contributed by atoms with Gasteiger partial charge in [-0.05, 0) is 67.8 Å². The number of hydrogen-bond donors (Lipinski definition) is 0. The van der Waals surface area contributed by atoms with Gasteiger partial charge in [0.25, 0.3) is 0 Å². The van der Waals surface area contributed by atoms with E-state index in [9.17, 15) is 0 Å². The summed E-state index contributed by atoms with van der Waals surface area (Å²) < 4.78 is 6.51. The standard InChI is InChI=1S/C52H31N3O/c1-2-16-32(17-3-1)49-53-50(55-51(54-49)42-27-15-26-40-37-22-9-13-31-46(37)56-48(40)42)41-23-5-4-18-33(41)38-24-14-25-39-36-21-8-12-30-45(36)52(47(38)39)43-28-10-6-19-34(43)35-20-7-11-29-44(35)52/h1-31H. The Labute approximate surface area is 323 Å². The molecule has 260 valence electrons. The molecule has 10 aromatic rings. The number of benzene rings is 8. The van der Waals surface area contributed by atoms with Crippen molar-refractivity contribution >= 4 is 21.9 Å². The second-order valence-corrected chi connectivity index (χ2v) is 14.6. The Balaban J connectivity index is 1.14. The van der Waals surface area contributed by atoms with E-state index in [1.807, 2.05) is 42.5 Å². The third-order valence-corrected chi connectivity index (χ3v) is 11.8. The number of para-hydroxylation sites is 2. The van der Waals surface area contributed by atoms with Crippen LogP contribution in [0.5, 0.6) is 0 Å². The van der Waals surface area contributed by atoms with Crippen molar-refractivity contribution in [2.75, 3.05) is 0 Å². The van der Waals surface area contributed by atoms with Crippen LogP contribution in [0.3, 0.4) is 0 Å². The highest BCUT2D eigenvalue weighted by Gasteiger charge is 2.52. The monoisotopic (exact) mass is 713 g/mol. The third kappa shape index (κ3) is 4.21. The zero-order valence-corrected chi connectivity index (χ0v) is 30.1. The van der Waals surface area contributed by atoms with E-state index < -0.39 is 5.41 Å². The second-order valence-electron chi connectivity index (χ2n) is 14.6. The first-order chi connectivity index (χ1) is 27.8. The van der Waals surface area contributed by atoms with Crippen molar-refractivity contribution in [1.29, 1.82) is 0 Å². The molecule has 56 heavy (non-hydrogen) atoms. The summed E-state index contributed by atoms with van der Waals surface area (Å²) in [4.78, 5) is 15.7. The Hall–Kier alpha value is -7.43. The summed E-state index contributed by atoms with van der Waals surface area (Å²) in [5, 5.41) is 2.10. The molecule has 0 amide bonds. The molecule has 2 aliphatic rings. The number of furan rings is 1. The fraction of sp³-hybridized carbons (Fsp3) is 0.0192. The van der Waals surface area contributed by atoms with Gasteiger partial charge in [0.2, 0.25) is 0 Å². The Morgan fingerprint density at radius 1 is 0.321 bits per heavy atom. The van der Waals surface area contributed by atoms with Crippen LogP contribution in [-0.2, 0) is 5.41 Å². The van der Waals surface area contributed by atoms with Crippen molar-refractivity contribution in [3.05, 3.63) is 210 Å². The maximum absolute atomic E-state index is 6.51. The average Bonchev–Trinajstić information content (AvgIpc) is 3.91. The molecular formula is C52H31N3O. The predicted molar refractivity (Wildman–Crippen MR) is 225 cm³/mol. The largest absolute Gasteiger partial charge is 0.455 e. The Morgan fingerprint density at radius 3 is 1.46 bits per heavy atom. The van der Waals surface area contributed by atoms with Crippen LogP contribution in [0.2, 0.25) is 0 Å². The lowest BCUT2D eigenvalue weighted by Gasteiger charge is -2.32. The lowest BCUT2D eigenvalue weighted by Crippen LogP contribution is -2.26. The van der Waals surface area contributed by atoms with Crippen LogP contribution in [0.25, 0.3) is 89.5 Å². The Kier molecular flexibility index (Phi) is 6.52. The van der Waals surface area contributed by atoms with E-state index in [0.29, 0.717) is 17.5 Å². The molecule has 0 saturated carbocycles. The van der Waals surface area contributed by atoms with Crippen LogP contribution in [0.15, 0.2) is 192 Å². The van der Waals surface area contributed by atoms with Crippen molar-refractivity contribution in [3.8, 4) is 67.5 Å². The molecule has 2 heterocycles. The number of nitrogens with zero attached hydrogens (tertiary/aromatic N) is 3. The SMILES string of the molecule is c1ccc(-c2nc(-c3ccccc3-c3cccc4c3C3(c5ccccc5-c5ccccc53)c3ccccc3-4)nc(-c3cccc4c3oc3ccccc34)n2)cc1. The van der Waals surface area contributed by atoms with Crippen LogP contribution in [0.4, 0.5) is 0 Å². The van der Waals surface area contributed by atoms with Gasteiger partial charge in [0.15, 0.2) is 17.5 Å².